The van der Waals surface area contributed by atoms with E-state index in [0.717, 1.165) is 5.69 Å². The van der Waals surface area contributed by atoms with Crippen LogP contribution >= 0.6 is 0 Å². The Morgan fingerprint density at radius 1 is 1.38 bits per heavy atom. The maximum absolute atomic E-state index is 11.6. The third-order valence-corrected chi connectivity index (χ3v) is 5.60. The fraction of sp³-hybridized carbons (Fsp3) is 0.533. The van der Waals surface area contributed by atoms with E-state index in [9.17, 15) is 8.42 Å². The van der Waals surface area contributed by atoms with Crippen molar-refractivity contribution in [3.05, 3.63) is 29.8 Å². The number of rotatable bonds is 5. The first-order valence-corrected chi connectivity index (χ1v) is 8.78. The molecule has 1 aromatic carbocycles. The Kier molecular flexibility index (Phi) is 5.39. The zero-order chi connectivity index (χ0) is 16.3. The number of hydrogen-bond donors (Lipinski definition) is 2. The number of nitrogens with zero attached hydrogens (tertiary/aromatic N) is 1. The molecule has 1 aromatic rings. The molecule has 1 rings (SSSR count). The molecule has 0 bridgehead atoms. The van der Waals surface area contributed by atoms with Gasteiger partial charge in [-0.1, -0.05) is 26.0 Å². The highest BCUT2D eigenvalue weighted by Gasteiger charge is 2.29. The molecule has 0 saturated carbocycles. The van der Waals surface area contributed by atoms with E-state index in [1.54, 1.807) is 13.8 Å². The summed E-state index contributed by atoms with van der Waals surface area (Å²) in [7, 11) is -3.18. The first kappa shape index (κ1) is 17.5. The molecule has 6 heteroatoms. The molecule has 0 aliphatic carbocycles. The monoisotopic (exact) mass is 311 g/mol. The average Bonchev–Trinajstić information content (AvgIpc) is 2.35. The quantitative estimate of drug-likeness (QED) is 0.646. The van der Waals surface area contributed by atoms with Crippen LogP contribution in [-0.4, -0.2) is 31.9 Å². The van der Waals surface area contributed by atoms with Crippen LogP contribution in [-0.2, 0) is 9.84 Å². The van der Waals surface area contributed by atoms with Crippen molar-refractivity contribution < 1.29 is 8.42 Å². The van der Waals surface area contributed by atoms with Gasteiger partial charge in [0.2, 0.25) is 0 Å². The number of anilines is 1. The Morgan fingerprint density at radius 2 is 2.00 bits per heavy atom. The van der Waals surface area contributed by atoms with Crippen LogP contribution in [0.2, 0.25) is 0 Å². The van der Waals surface area contributed by atoms with Gasteiger partial charge in [-0.2, -0.15) is 0 Å². The molecule has 0 fully saturated rings. The van der Waals surface area contributed by atoms with Gasteiger partial charge in [-0.3, -0.25) is 4.99 Å². The number of nitrogens with one attached hydrogen (secondary N) is 1. The van der Waals surface area contributed by atoms with Crippen molar-refractivity contribution in [1.29, 1.82) is 0 Å². The van der Waals surface area contributed by atoms with Crippen molar-refractivity contribution >= 4 is 21.5 Å². The maximum Gasteiger partial charge on any atom is 0.193 e. The van der Waals surface area contributed by atoms with Crippen molar-refractivity contribution in [3.8, 4) is 0 Å². The molecular formula is C15H25N3O2S. The number of aliphatic imine (C=N–C) groups is 1. The number of hydrogen-bond acceptors (Lipinski definition) is 3. The summed E-state index contributed by atoms with van der Waals surface area (Å²) < 4.78 is 22.3. The molecule has 0 saturated heterocycles. The Morgan fingerprint density at radius 3 is 2.52 bits per heavy atom. The molecule has 0 unspecified atom stereocenters. The van der Waals surface area contributed by atoms with Crippen molar-refractivity contribution in [1.82, 2.24) is 0 Å². The van der Waals surface area contributed by atoms with E-state index in [4.69, 9.17) is 5.73 Å². The van der Waals surface area contributed by atoms with Crippen LogP contribution in [0.3, 0.4) is 0 Å². The Balaban J connectivity index is 2.80. The molecule has 118 valence electrons. The van der Waals surface area contributed by atoms with Gasteiger partial charge < -0.3 is 11.1 Å². The summed E-state index contributed by atoms with van der Waals surface area (Å²) in [6.07, 6.45) is 1.21. The molecular weight excluding hydrogens is 286 g/mol. The van der Waals surface area contributed by atoms with E-state index in [0.29, 0.717) is 5.92 Å². The lowest BCUT2D eigenvalue weighted by molar-refractivity contribution is 0.555. The highest BCUT2D eigenvalue weighted by molar-refractivity contribution is 7.92. The van der Waals surface area contributed by atoms with Crippen molar-refractivity contribution in [2.75, 3.05) is 18.1 Å². The lowest BCUT2D eigenvalue weighted by atomic mass is 10.0. The SMILES string of the molecule is CC(C)c1cccc(NC(N)=NCC(C)(C)S(C)(=O)=O)c1. The van der Waals surface area contributed by atoms with Crippen molar-refractivity contribution in [2.24, 2.45) is 10.7 Å². The Hall–Kier alpha value is -1.56. The third-order valence-electron chi connectivity index (χ3n) is 3.46. The van der Waals surface area contributed by atoms with Gasteiger partial charge in [0.25, 0.3) is 0 Å². The van der Waals surface area contributed by atoms with Gasteiger partial charge in [0.15, 0.2) is 15.8 Å². The second-order valence-electron chi connectivity index (χ2n) is 6.14. The minimum absolute atomic E-state index is 0.120. The standard InChI is InChI=1S/C15H25N3O2S/c1-11(2)12-7-6-8-13(9-12)18-14(16)17-10-15(3,4)21(5,19)20/h6-9,11H,10H2,1-5H3,(H3,16,17,18). The van der Waals surface area contributed by atoms with Gasteiger partial charge in [0.05, 0.1) is 11.3 Å². The number of benzene rings is 1. The molecule has 0 aliphatic rings. The highest BCUT2D eigenvalue weighted by Crippen LogP contribution is 2.19. The van der Waals surface area contributed by atoms with Crippen LogP contribution in [0, 0.1) is 0 Å². The molecule has 0 radical (unpaired) electrons. The van der Waals surface area contributed by atoms with E-state index in [2.05, 4.69) is 30.2 Å². The lowest BCUT2D eigenvalue weighted by Gasteiger charge is -2.20. The van der Waals surface area contributed by atoms with Crippen LogP contribution in [0.5, 0.6) is 0 Å². The molecule has 3 N–H and O–H groups in total. The van der Waals surface area contributed by atoms with Gasteiger partial charge in [-0.05, 0) is 37.5 Å². The number of guanidine groups is 1. The first-order chi connectivity index (χ1) is 9.53. The normalized spacial score (nSPS) is 13.5. The maximum atomic E-state index is 11.6. The second-order valence-corrected chi connectivity index (χ2v) is 8.79. The predicted molar refractivity (Wildman–Crippen MR) is 89.6 cm³/mol. The van der Waals surface area contributed by atoms with E-state index in [1.165, 1.54) is 11.8 Å². The third kappa shape index (κ3) is 5.04. The summed E-state index contributed by atoms with van der Waals surface area (Å²) in [5.74, 6) is 0.640. The minimum Gasteiger partial charge on any atom is -0.370 e. The molecule has 0 aromatic heterocycles. The minimum atomic E-state index is -3.18. The molecule has 0 heterocycles. The lowest BCUT2D eigenvalue weighted by Crippen LogP contribution is -2.36. The fourth-order valence-electron chi connectivity index (χ4n) is 1.56. The van der Waals surface area contributed by atoms with E-state index in [-0.39, 0.29) is 12.5 Å². The smallest absolute Gasteiger partial charge is 0.193 e. The van der Waals surface area contributed by atoms with Gasteiger partial charge in [0.1, 0.15) is 0 Å². The first-order valence-electron chi connectivity index (χ1n) is 6.89. The second kappa shape index (κ2) is 6.47. The molecule has 21 heavy (non-hydrogen) atoms. The molecule has 5 nitrogen and oxygen atoms in total. The Labute approximate surface area is 127 Å². The summed E-state index contributed by atoms with van der Waals surface area (Å²) in [5.41, 5.74) is 7.87. The average molecular weight is 311 g/mol. The van der Waals surface area contributed by atoms with Gasteiger partial charge in [-0.15, -0.1) is 0 Å². The molecule has 0 atom stereocenters. The summed E-state index contributed by atoms with van der Waals surface area (Å²) in [5, 5.41) is 2.99. The zero-order valence-corrected chi connectivity index (χ0v) is 14.2. The largest absolute Gasteiger partial charge is 0.370 e. The Bertz CT molecular complexity index is 620. The summed E-state index contributed by atoms with van der Waals surface area (Å²) in [6.45, 7) is 7.63. The zero-order valence-electron chi connectivity index (χ0n) is 13.3. The topological polar surface area (TPSA) is 84.5 Å². The van der Waals surface area contributed by atoms with E-state index >= 15 is 0 Å². The summed E-state index contributed by atoms with van der Waals surface area (Å²) in [4.78, 5) is 4.14. The van der Waals surface area contributed by atoms with Crippen molar-refractivity contribution in [2.45, 2.75) is 38.4 Å². The fourth-order valence-corrected chi connectivity index (χ4v) is 1.85. The molecule has 0 aliphatic heterocycles. The van der Waals surface area contributed by atoms with Crippen LogP contribution in [0.1, 0.15) is 39.2 Å². The van der Waals surface area contributed by atoms with E-state index in [1.807, 2.05) is 18.2 Å². The van der Waals surface area contributed by atoms with Crippen LogP contribution < -0.4 is 11.1 Å². The van der Waals surface area contributed by atoms with Crippen LogP contribution in [0.4, 0.5) is 5.69 Å². The van der Waals surface area contributed by atoms with Gasteiger partial charge >= 0.3 is 0 Å². The molecule has 0 spiro atoms. The summed E-state index contributed by atoms with van der Waals surface area (Å²) in [6, 6.07) is 7.91. The number of sulfone groups is 1. The van der Waals surface area contributed by atoms with Crippen LogP contribution in [0.25, 0.3) is 0 Å². The highest BCUT2D eigenvalue weighted by atomic mass is 32.2. The van der Waals surface area contributed by atoms with Crippen molar-refractivity contribution in [3.63, 3.8) is 0 Å². The predicted octanol–water partition coefficient (Wildman–Crippen LogP) is 2.36. The van der Waals surface area contributed by atoms with Gasteiger partial charge in [-0.25, -0.2) is 8.42 Å². The summed E-state index contributed by atoms with van der Waals surface area (Å²) >= 11 is 0. The van der Waals surface area contributed by atoms with Crippen LogP contribution in [0.15, 0.2) is 29.3 Å². The van der Waals surface area contributed by atoms with Gasteiger partial charge in [0, 0.05) is 11.9 Å². The molecule has 0 amide bonds. The van der Waals surface area contributed by atoms with E-state index < -0.39 is 14.6 Å². The number of nitrogens with two attached hydrogens (primary N) is 1.